The van der Waals surface area contributed by atoms with Crippen molar-refractivity contribution < 1.29 is 5.11 Å². The van der Waals surface area contributed by atoms with Crippen LogP contribution in [0.4, 0.5) is 0 Å². The molecule has 2 nitrogen and oxygen atoms in total. The number of hydrogen-bond acceptors (Lipinski definition) is 2. The average molecular weight is 213 g/mol. The first-order valence-electron chi connectivity index (χ1n) is 6.30. The van der Waals surface area contributed by atoms with E-state index in [1.54, 1.807) is 0 Å². The first-order valence-corrected chi connectivity index (χ1v) is 6.30. The van der Waals surface area contributed by atoms with E-state index in [0.29, 0.717) is 24.1 Å². The van der Waals surface area contributed by atoms with Crippen molar-refractivity contribution in [3.63, 3.8) is 0 Å². The van der Waals surface area contributed by atoms with Gasteiger partial charge in [0.2, 0.25) is 0 Å². The summed E-state index contributed by atoms with van der Waals surface area (Å²) in [5.41, 5.74) is 0.480. The van der Waals surface area contributed by atoms with Crippen LogP contribution >= 0.6 is 0 Å². The third-order valence-electron chi connectivity index (χ3n) is 3.47. The van der Waals surface area contributed by atoms with Gasteiger partial charge in [-0.3, -0.25) is 0 Å². The summed E-state index contributed by atoms with van der Waals surface area (Å²) in [6.45, 7) is 9.55. The predicted octanol–water partition coefficient (Wildman–Crippen LogP) is 2.56. The normalized spacial score (nSPS) is 32.6. The Kier molecular flexibility index (Phi) is 4.60. The van der Waals surface area contributed by atoms with E-state index in [2.05, 4.69) is 33.0 Å². The van der Waals surface area contributed by atoms with Crippen molar-refractivity contribution in [1.82, 2.24) is 5.32 Å². The topological polar surface area (TPSA) is 32.3 Å². The van der Waals surface area contributed by atoms with Gasteiger partial charge in [-0.2, -0.15) is 0 Å². The van der Waals surface area contributed by atoms with Gasteiger partial charge >= 0.3 is 0 Å². The van der Waals surface area contributed by atoms with Gasteiger partial charge in [0.05, 0.1) is 0 Å². The Hall–Kier alpha value is -0.0800. The molecule has 0 aliphatic heterocycles. The zero-order valence-electron chi connectivity index (χ0n) is 10.7. The second-order valence-corrected chi connectivity index (χ2v) is 6.19. The lowest BCUT2D eigenvalue weighted by atomic mass is 9.70. The van der Waals surface area contributed by atoms with Crippen LogP contribution in [0.2, 0.25) is 0 Å². The van der Waals surface area contributed by atoms with Crippen LogP contribution in [-0.2, 0) is 0 Å². The van der Waals surface area contributed by atoms with Crippen molar-refractivity contribution in [3.05, 3.63) is 0 Å². The van der Waals surface area contributed by atoms with Gasteiger partial charge in [-0.25, -0.2) is 0 Å². The summed E-state index contributed by atoms with van der Waals surface area (Å²) in [6, 6.07) is 1.09. The van der Waals surface area contributed by atoms with Gasteiger partial charge in [-0.15, -0.1) is 0 Å². The Morgan fingerprint density at radius 2 is 2.07 bits per heavy atom. The van der Waals surface area contributed by atoms with Gasteiger partial charge in [0.15, 0.2) is 0 Å². The van der Waals surface area contributed by atoms with Crippen molar-refractivity contribution in [2.24, 2.45) is 11.3 Å². The maximum absolute atomic E-state index is 8.88. The second-order valence-electron chi connectivity index (χ2n) is 6.19. The molecular formula is C13H27NO. The lowest BCUT2D eigenvalue weighted by Gasteiger charge is -2.40. The molecule has 1 fully saturated rings. The minimum atomic E-state index is 0.292. The molecule has 0 saturated heterocycles. The van der Waals surface area contributed by atoms with E-state index in [0.717, 1.165) is 12.3 Å². The molecule has 1 rings (SSSR count). The van der Waals surface area contributed by atoms with E-state index < -0.39 is 0 Å². The van der Waals surface area contributed by atoms with E-state index in [9.17, 15) is 0 Å². The van der Waals surface area contributed by atoms with Crippen LogP contribution in [0, 0.1) is 11.3 Å². The lowest BCUT2D eigenvalue weighted by molar-refractivity contribution is 0.141. The molecule has 1 aliphatic carbocycles. The fourth-order valence-electron chi connectivity index (χ4n) is 3.15. The summed E-state index contributed by atoms with van der Waals surface area (Å²) in [6.07, 6.45) is 4.77. The number of rotatable bonds is 4. The highest BCUT2D eigenvalue weighted by Crippen LogP contribution is 2.38. The highest BCUT2D eigenvalue weighted by atomic mass is 16.3. The molecule has 0 amide bonds. The molecule has 3 atom stereocenters. The van der Waals surface area contributed by atoms with Crippen LogP contribution in [0.5, 0.6) is 0 Å². The molecule has 90 valence electrons. The van der Waals surface area contributed by atoms with Crippen LogP contribution in [0.25, 0.3) is 0 Å². The van der Waals surface area contributed by atoms with Gasteiger partial charge in [-0.1, -0.05) is 20.8 Å². The molecule has 2 heteroatoms. The lowest BCUT2D eigenvalue weighted by Crippen LogP contribution is -2.44. The fourth-order valence-corrected chi connectivity index (χ4v) is 3.15. The molecule has 0 aromatic rings. The number of nitrogens with one attached hydrogen (secondary N) is 1. The zero-order valence-corrected chi connectivity index (χ0v) is 10.7. The summed E-state index contributed by atoms with van der Waals surface area (Å²) >= 11 is 0. The molecule has 0 radical (unpaired) electrons. The van der Waals surface area contributed by atoms with E-state index in [4.69, 9.17) is 5.11 Å². The van der Waals surface area contributed by atoms with Crippen LogP contribution in [0.1, 0.15) is 53.4 Å². The van der Waals surface area contributed by atoms with E-state index in [1.807, 2.05) is 0 Å². The molecule has 2 N–H and O–H groups in total. The van der Waals surface area contributed by atoms with E-state index in [1.165, 1.54) is 19.3 Å². The van der Waals surface area contributed by atoms with Crippen molar-refractivity contribution in [3.8, 4) is 0 Å². The smallest absolute Gasteiger partial charge is 0.0445 e. The summed E-state index contributed by atoms with van der Waals surface area (Å²) in [5, 5.41) is 12.5. The average Bonchev–Trinajstić information content (AvgIpc) is 1.99. The zero-order chi connectivity index (χ0) is 11.5. The highest BCUT2D eigenvalue weighted by molar-refractivity contribution is 4.87. The monoisotopic (exact) mass is 213 g/mol. The molecule has 0 bridgehead atoms. The Balaban J connectivity index is 2.41. The van der Waals surface area contributed by atoms with Crippen LogP contribution in [0.3, 0.4) is 0 Å². The van der Waals surface area contributed by atoms with Crippen LogP contribution in [-0.4, -0.2) is 23.8 Å². The Labute approximate surface area is 94.5 Å². The second kappa shape index (κ2) is 5.31. The van der Waals surface area contributed by atoms with Gasteiger partial charge in [0.1, 0.15) is 0 Å². The molecule has 0 heterocycles. The Bertz CT molecular complexity index is 191. The number of aliphatic hydroxyl groups is 1. The maximum atomic E-state index is 8.88. The standard InChI is InChI=1S/C13H27NO/c1-10-7-12(9-13(3,4)8-10)14-11(2)5-6-15/h10-12,14-15H,5-9H2,1-4H3/t10?,11-,12?/m1/s1. The third-order valence-corrected chi connectivity index (χ3v) is 3.47. The molecule has 2 unspecified atom stereocenters. The van der Waals surface area contributed by atoms with Crippen LogP contribution < -0.4 is 5.32 Å². The number of aliphatic hydroxyl groups excluding tert-OH is 1. The fraction of sp³-hybridized carbons (Fsp3) is 1.00. The third kappa shape index (κ3) is 4.52. The van der Waals surface area contributed by atoms with Gasteiger partial charge < -0.3 is 10.4 Å². The van der Waals surface area contributed by atoms with Gasteiger partial charge in [0.25, 0.3) is 0 Å². The summed E-state index contributed by atoms with van der Waals surface area (Å²) in [4.78, 5) is 0. The van der Waals surface area contributed by atoms with Crippen molar-refractivity contribution >= 4 is 0 Å². The maximum Gasteiger partial charge on any atom is 0.0445 e. The summed E-state index contributed by atoms with van der Waals surface area (Å²) in [5.74, 6) is 0.826. The van der Waals surface area contributed by atoms with E-state index >= 15 is 0 Å². The minimum Gasteiger partial charge on any atom is -0.396 e. The van der Waals surface area contributed by atoms with Gasteiger partial charge in [-0.05, 0) is 43.9 Å². The predicted molar refractivity (Wildman–Crippen MR) is 64.9 cm³/mol. The molecule has 1 saturated carbocycles. The largest absolute Gasteiger partial charge is 0.396 e. The van der Waals surface area contributed by atoms with Crippen molar-refractivity contribution in [2.75, 3.05) is 6.61 Å². The van der Waals surface area contributed by atoms with Crippen LogP contribution in [0.15, 0.2) is 0 Å². The van der Waals surface area contributed by atoms with E-state index in [-0.39, 0.29) is 0 Å². The SMILES string of the molecule is CC1CC(N[C@H](C)CCO)CC(C)(C)C1. The highest BCUT2D eigenvalue weighted by Gasteiger charge is 2.32. The molecule has 0 aromatic heterocycles. The Morgan fingerprint density at radius 1 is 1.40 bits per heavy atom. The quantitative estimate of drug-likeness (QED) is 0.752. The molecule has 0 spiro atoms. The number of hydrogen-bond donors (Lipinski definition) is 2. The minimum absolute atomic E-state index is 0.292. The molecule has 15 heavy (non-hydrogen) atoms. The first kappa shape index (κ1) is 13.0. The van der Waals surface area contributed by atoms with Crippen molar-refractivity contribution in [2.45, 2.75) is 65.5 Å². The summed E-state index contributed by atoms with van der Waals surface area (Å²) in [7, 11) is 0. The summed E-state index contributed by atoms with van der Waals surface area (Å²) < 4.78 is 0. The molecular weight excluding hydrogens is 186 g/mol. The Morgan fingerprint density at radius 3 is 2.60 bits per heavy atom. The molecule has 1 aliphatic rings. The first-order chi connectivity index (χ1) is 6.93. The van der Waals surface area contributed by atoms with Gasteiger partial charge in [0, 0.05) is 18.7 Å². The molecule has 0 aromatic carbocycles. The van der Waals surface area contributed by atoms with Crippen molar-refractivity contribution in [1.29, 1.82) is 0 Å².